The third-order valence-corrected chi connectivity index (χ3v) is 8.57. The van der Waals surface area contributed by atoms with Gasteiger partial charge in [0.1, 0.15) is 4.83 Å². The van der Waals surface area contributed by atoms with Gasteiger partial charge in [-0.05, 0) is 56.9 Å². The molecule has 2 aliphatic rings. The van der Waals surface area contributed by atoms with E-state index in [4.69, 9.17) is 4.98 Å². The summed E-state index contributed by atoms with van der Waals surface area (Å²) in [5.41, 5.74) is 1.29. The summed E-state index contributed by atoms with van der Waals surface area (Å²) in [5, 5.41) is 4.30. The Morgan fingerprint density at radius 3 is 2.58 bits per heavy atom. The van der Waals surface area contributed by atoms with E-state index in [9.17, 15) is 14.4 Å². The first kappa shape index (κ1) is 22.5. The lowest BCUT2D eigenvalue weighted by molar-refractivity contribution is -0.126. The summed E-state index contributed by atoms with van der Waals surface area (Å²) >= 11 is 2.97. The van der Waals surface area contributed by atoms with Crippen molar-refractivity contribution in [3.05, 3.63) is 20.8 Å². The number of nitrogens with zero attached hydrogens (tertiary/aromatic N) is 2. The molecule has 2 heterocycles. The van der Waals surface area contributed by atoms with Gasteiger partial charge in [0, 0.05) is 10.9 Å². The quantitative estimate of drug-likeness (QED) is 0.492. The normalized spacial score (nSPS) is 17.8. The van der Waals surface area contributed by atoms with E-state index >= 15 is 0 Å². The molecular formula is C23H31N3O3S2. The van der Waals surface area contributed by atoms with E-state index in [0.717, 1.165) is 55.2 Å². The average Bonchev–Trinajstić information content (AvgIpc) is 3.37. The molecule has 31 heavy (non-hydrogen) atoms. The van der Waals surface area contributed by atoms with Crippen molar-refractivity contribution in [3.8, 4) is 0 Å². The SMILES string of the molecule is CC(=O)C(NC(=O)CSc1nc2sc3c(c2c(=O)n1C1CCCC1)CCCC3)C(C)C. The summed E-state index contributed by atoms with van der Waals surface area (Å²) in [6.07, 6.45) is 8.51. The van der Waals surface area contributed by atoms with Crippen LogP contribution in [-0.4, -0.2) is 33.0 Å². The van der Waals surface area contributed by atoms with Crippen LogP contribution >= 0.6 is 23.1 Å². The van der Waals surface area contributed by atoms with Crippen LogP contribution in [0.15, 0.2) is 9.95 Å². The van der Waals surface area contributed by atoms with Gasteiger partial charge in [-0.15, -0.1) is 11.3 Å². The molecule has 8 heteroatoms. The van der Waals surface area contributed by atoms with Crippen molar-refractivity contribution >= 4 is 45.0 Å². The van der Waals surface area contributed by atoms with Crippen molar-refractivity contribution in [3.63, 3.8) is 0 Å². The number of rotatable bonds is 7. The van der Waals surface area contributed by atoms with Gasteiger partial charge in [0.15, 0.2) is 10.9 Å². The van der Waals surface area contributed by atoms with Gasteiger partial charge >= 0.3 is 0 Å². The molecule has 2 aromatic heterocycles. The number of carbonyl (C=O) groups excluding carboxylic acids is 2. The molecular weight excluding hydrogens is 430 g/mol. The molecule has 2 aromatic rings. The molecule has 2 aliphatic carbocycles. The topological polar surface area (TPSA) is 81.1 Å². The number of thiophene rings is 1. The molecule has 0 bridgehead atoms. The lowest BCUT2D eigenvalue weighted by Gasteiger charge is -2.20. The number of amides is 1. The summed E-state index contributed by atoms with van der Waals surface area (Å²) in [5.74, 6) is -0.0571. The summed E-state index contributed by atoms with van der Waals surface area (Å²) < 4.78 is 1.87. The van der Waals surface area contributed by atoms with Crippen molar-refractivity contribution in [2.24, 2.45) is 5.92 Å². The van der Waals surface area contributed by atoms with E-state index in [1.807, 2.05) is 18.4 Å². The molecule has 0 spiro atoms. The zero-order chi connectivity index (χ0) is 22.1. The Morgan fingerprint density at radius 1 is 1.19 bits per heavy atom. The number of aromatic nitrogens is 2. The van der Waals surface area contributed by atoms with Crippen molar-refractivity contribution in [1.29, 1.82) is 0 Å². The molecule has 0 aromatic carbocycles. The Morgan fingerprint density at radius 2 is 1.90 bits per heavy atom. The van der Waals surface area contributed by atoms with Crippen LogP contribution in [0.3, 0.4) is 0 Å². The fraction of sp³-hybridized carbons (Fsp3) is 0.652. The second-order valence-electron chi connectivity index (χ2n) is 9.09. The van der Waals surface area contributed by atoms with Crippen LogP contribution in [0.1, 0.15) is 75.8 Å². The summed E-state index contributed by atoms with van der Waals surface area (Å²) in [6.45, 7) is 5.35. The lowest BCUT2D eigenvalue weighted by Crippen LogP contribution is -2.44. The first-order valence-corrected chi connectivity index (χ1v) is 13.2. The third kappa shape index (κ3) is 4.60. The Bertz CT molecular complexity index is 1050. The fourth-order valence-electron chi connectivity index (χ4n) is 4.87. The minimum absolute atomic E-state index is 0.0371. The third-order valence-electron chi connectivity index (χ3n) is 6.43. The molecule has 6 nitrogen and oxygen atoms in total. The van der Waals surface area contributed by atoms with Crippen LogP contribution in [-0.2, 0) is 22.4 Å². The summed E-state index contributed by atoms with van der Waals surface area (Å²) in [4.78, 5) is 45.1. The monoisotopic (exact) mass is 461 g/mol. The van der Waals surface area contributed by atoms with Crippen LogP contribution in [0.4, 0.5) is 0 Å². The molecule has 1 saturated carbocycles. The molecule has 1 amide bonds. The van der Waals surface area contributed by atoms with E-state index in [-0.39, 0.29) is 35.0 Å². The smallest absolute Gasteiger partial charge is 0.263 e. The summed E-state index contributed by atoms with van der Waals surface area (Å²) in [6, 6.07) is -0.320. The Balaban J connectivity index is 1.65. The molecule has 0 radical (unpaired) electrons. The highest BCUT2D eigenvalue weighted by Crippen LogP contribution is 2.37. The van der Waals surface area contributed by atoms with Gasteiger partial charge in [-0.25, -0.2) is 4.98 Å². The van der Waals surface area contributed by atoms with Crippen LogP contribution in [0, 0.1) is 5.92 Å². The number of hydrogen-bond acceptors (Lipinski definition) is 6. The number of fused-ring (bicyclic) bond motifs is 3. The van der Waals surface area contributed by atoms with Gasteiger partial charge in [-0.1, -0.05) is 38.5 Å². The van der Waals surface area contributed by atoms with Gasteiger partial charge in [0.25, 0.3) is 5.56 Å². The van der Waals surface area contributed by atoms with E-state index < -0.39 is 6.04 Å². The Kier molecular flexibility index (Phi) is 6.86. The highest BCUT2D eigenvalue weighted by molar-refractivity contribution is 7.99. The number of nitrogens with one attached hydrogen (secondary N) is 1. The molecule has 1 atom stereocenters. The zero-order valence-corrected chi connectivity index (χ0v) is 20.2. The van der Waals surface area contributed by atoms with E-state index in [1.54, 1.807) is 11.3 Å². The predicted molar refractivity (Wildman–Crippen MR) is 126 cm³/mol. The maximum atomic E-state index is 13.6. The first-order valence-electron chi connectivity index (χ1n) is 11.4. The summed E-state index contributed by atoms with van der Waals surface area (Å²) in [7, 11) is 0. The average molecular weight is 462 g/mol. The largest absolute Gasteiger partial charge is 0.345 e. The maximum Gasteiger partial charge on any atom is 0.263 e. The minimum Gasteiger partial charge on any atom is -0.345 e. The number of thioether (sulfide) groups is 1. The lowest BCUT2D eigenvalue weighted by atomic mass is 9.97. The van der Waals surface area contributed by atoms with Gasteiger partial charge < -0.3 is 5.32 Å². The molecule has 4 rings (SSSR count). The number of aryl methyl sites for hydroxylation is 2. The maximum absolute atomic E-state index is 13.6. The molecule has 0 saturated heterocycles. The van der Waals surface area contributed by atoms with Crippen molar-refractivity contribution < 1.29 is 9.59 Å². The van der Waals surface area contributed by atoms with Gasteiger partial charge in [0.2, 0.25) is 5.91 Å². The molecule has 1 N–H and O–H groups in total. The fourth-order valence-corrected chi connectivity index (χ4v) is 7.05. The number of carbonyl (C=O) groups is 2. The first-order chi connectivity index (χ1) is 14.9. The van der Waals surface area contributed by atoms with Crippen molar-refractivity contribution in [2.45, 2.75) is 89.4 Å². The van der Waals surface area contributed by atoms with Crippen molar-refractivity contribution in [1.82, 2.24) is 14.9 Å². The van der Waals surface area contributed by atoms with Gasteiger partial charge in [0.05, 0.1) is 17.2 Å². The highest BCUT2D eigenvalue weighted by Gasteiger charge is 2.28. The second kappa shape index (κ2) is 9.45. The van der Waals surface area contributed by atoms with Gasteiger partial charge in [-0.2, -0.15) is 0 Å². The number of ketones is 1. The minimum atomic E-state index is -0.482. The highest BCUT2D eigenvalue weighted by atomic mass is 32.2. The van der Waals surface area contributed by atoms with E-state index in [0.29, 0.717) is 5.16 Å². The predicted octanol–water partition coefficient (Wildman–Crippen LogP) is 4.27. The standard InChI is InChI=1S/C23H31N3O3S2/c1-13(2)20(14(3)27)24-18(28)12-30-23-25-21-19(16-10-6-7-11-17(16)31-21)22(29)26(23)15-8-4-5-9-15/h13,15,20H,4-12H2,1-3H3,(H,24,28). The van der Waals surface area contributed by atoms with Crippen LogP contribution in [0.25, 0.3) is 10.2 Å². The number of hydrogen-bond donors (Lipinski definition) is 1. The van der Waals surface area contributed by atoms with Crippen LogP contribution < -0.4 is 10.9 Å². The molecule has 0 aliphatic heterocycles. The molecule has 1 fully saturated rings. The Hall–Kier alpha value is -1.67. The number of Topliss-reactive ketones (excluding diaryl/α,β-unsaturated/α-hetero) is 1. The van der Waals surface area contributed by atoms with Crippen LogP contribution in [0.5, 0.6) is 0 Å². The molecule has 1 unspecified atom stereocenters. The second-order valence-corrected chi connectivity index (χ2v) is 11.1. The van der Waals surface area contributed by atoms with E-state index in [2.05, 4.69) is 5.32 Å². The van der Waals surface area contributed by atoms with Gasteiger partial charge in [-0.3, -0.25) is 19.0 Å². The Labute approximate surface area is 191 Å². The van der Waals surface area contributed by atoms with Crippen molar-refractivity contribution in [2.75, 3.05) is 5.75 Å². The van der Waals surface area contributed by atoms with Crippen LogP contribution in [0.2, 0.25) is 0 Å². The zero-order valence-electron chi connectivity index (χ0n) is 18.5. The molecule has 168 valence electrons. The van der Waals surface area contributed by atoms with E-state index in [1.165, 1.54) is 35.5 Å².